The molecular formula is C12H22N2S. The molecule has 0 spiro atoms. The van der Waals surface area contributed by atoms with E-state index in [1.54, 1.807) is 0 Å². The zero-order chi connectivity index (χ0) is 11.3. The van der Waals surface area contributed by atoms with Gasteiger partial charge in [-0.2, -0.15) is 0 Å². The molecule has 3 heteroatoms. The van der Waals surface area contributed by atoms with Crippen LogP contribution in [-0.4, -0.2) is 31.4 Å². The first kappa shape index (κ1) is 12.8. The van der Waals surface area contributed by atoms with E-state index >= 15 is 0 Å². The van der Waals surface area contributed by atoms with Gasteiger partial charge in [0, 0.05) is 24.0 Å². The van der Waals surface area contributed by atoms with E-state index in [1.807, 2.05) is 18.7 Å². The van der Waals surface area contributed by atoms with E-state index in [4.69, 9.17) is 0 Å². The highest BCUT2D eigenvalue weighted by Crippen LogP contribution is 2.19. The van der Waals surface area contributed by atoms with Gasteiger partial charge in [0.1, 0.15) is 0 Å². The Balaban J connectivity index is 2.53. The highest BCUT2D eigenvalue weighted by Gasteiger charge is 2.20. The lowest BCUT2D eigenvalue weighted by Gasteiger charge is -2.31. The summed E-state index contributed by atoms with van der Waals surface area (Å²) in [6.07, 6.45) is 5.50. The number of thioether (sulfide) groups is 1. The monoisotopic (exact) mass is 226 g/mol. The van der Waals surface area contributed by atoms with Crippen molar-refractivity contribution in [3.8, 4) is 0 Å². The zero-order valence-electron chi connectivity index (χ0n) is 9.97. The molecule has 0 amide bonds. The molecule has 0 saturated carbocycles. The second-order valence-electron chi connectivity index (χ2n) is 4.07. The molecule has 1 heterocycles. The summed E-state index contributed by atoms with van der Waals surface area (Å²) in [6.45, 7) is 10.3. The number of hydrogen-bond donors (Lipinski definition) is 2. The lowest BCUT2D eigenvalue weighted by molar-refractivity contribution is 0.369. The molecule has 1 rings (SSSR count). The van der Waals surface area contributed by atoms with Crippen molar-refractivity contribution in [2.45, 2.75) is 32.4 Å². The van der Waals surface area contributed by atoms with Crippen LogP contribution in [-0.2, 0) is 0 Å². The van der Waals surface area contributed by atoms with Gasteiger partial charge in [-0.1, -0.05) is 19.1 Å². The van der Waals surface area contributed by atoms with Crippen LogP contribution in [0, 0.1) is 0 Å². The summed E-state index contributed by atoms with van der Waals surface area (Å²) < 4.78 is 0. The molecule has 1 aliphatic heterocycles. The quantitative estimate of drug-likeness (QED) is 0.718. The summed E-state index contributed by atoms with van der Waals surface area (Å²) in [6, 6.07) is 1.09. The van der Waals surface area contributed by atoms with E-state index in [9.17, 15) is 0 Å². The fraction of sp³-hybridized carbons (Fsp3) is 0.667. The van der Waals surface area contributed by atoms with Crippen LogP contribution in [0.5, 0.6) is 0 Å². The van der Waals surface area contributed by atoms with E-state index in [-0.39, 0.29) is 0 Å². The minimum Gasteiger partial charge on any atom is -0.311 e. The fourth-order valence-electron chi connectivity index (χ4n) is 1.75. The molecule has 1 unspecified atom stereocenters. The molecule has 1 fully saturated rings. The van der Waals surface area contributed by atoms with Gasteiger partial charge in [-0.3, -0.25) is 0 Å². The van der Waals surface area contributed by atoms with Crippen LogP contribution >= 0.6 is 11.8 Å². The Morgan fingerprint density at radius 3 is 2.60 bits per heavy atom. The minimum atomic E-state index is 0.458. The largest absolute Gasteiger partial charge is 0.311 e. The summed E-state index contributed by atoms with van der Waals surface area (Å²) in [4.78, 5) is 1.38. The Hall–Kier alpha value is -0.250. The van der Waals surface area contributed by atoms with Gasteiger partial charge in [-0.25, -0.2) is 0 Å². The highest BCUT2D eigenvalue weighted by atomic mass is 32.2. The first-order valence-corrected chi connectivity index (χ1v) is 6.77. The maximum atomic E-state index is 3.93. The fourth-order valence-corrected chi connectivity index (χ4v) is 2.52. The predicted molar refractivity (Wildman–Crippen MR) is 70.3 cm³/mol. The maximum Gasteiger partial charge on any atom is 0.0507 e. The standard InChI is InChI=1S/C12H22N2S/c1-5-10-7-14-11(8-13-10)12(15-4)6-9(2)3/h6,10-11,13-14H,2,5,7-8H2,1,3-4H3/b12-6-/t10?,11-/m0/s1. The van der Waals surface area contributed by atoms with Crippen molar-refractivity contribution in [1.82, 2.24) is 10.6 Å². The molecule has 0 bridgehead atoms. The van der Waals surface area contributed by atoms with Gasteiger partial charge in [0.2, 0.25) is 0 Å². The smallest absolute Gasteiger partial charge is 0.0507 e. The average molecular weight is 226 g/mol. The summed E-state index contributed by atoms with van der Waals surface area (Å²) in [7, 11) is 0. The van der Waals surface area contributed by atoms with Gasteiger partial charge >= 0.3 is 0 Å². The van der Waals surface area contributed by atoms with Crippen molar-refractivity contribution in [1.29, 1.82) is 0 Å². The van der Waals surface area contributed by atoms with Crippen LogP contribution in [0.2, 0.25) is 0 Å². The Bertz CT molecular complexity index is 240. The average Bonchev–Trinajstić information content (AvgIpc) is 2.26. The number of rotatable bonds is 4. The molecule has 0 aromatic heterocycles. The topological polar surface area (TPSA) is 24.1 Å². The molecule has 2 N–H and O–H groups in total. The normalized spacial score (nSPS) is 27.8. The van der Waals surface area contributed by atoms with Crippen LogP contribution < -0.4 is 10.6 Å². The maximum absolute atomic E-state index is 3.93. The summed E-state index contributed by atoms with van der Waals surface area (Å²) in [5, 5.41) is 7.14. The molecule has 2 nitrogen and oxygen atoms in total. The molecule has 1 saturated heterocycles. The summed E-state index contributed by atoms with van der Waals surface area (Å²) >= 11 is 1.81. The molecule has 0 aliphatic carbocycles. The van der Waals surface area contributed by atoms with Crippen LogP contribution in [0.25, 0.3) is 0 Å². The minimum absolute atomic E-state index is 0.458. The molecule has 2 atom stereocenters. The molecule has 15 heavy (non-hydrogen) atoms. The predicted octanol–water partition coefficient (Wildman–Crippen LogP) is 2.15. The van der Waals surface area contributed by atoms with Crippen molar-refractivity contribution in [3.63, 3.8) is 0 Å². The van der Waals surface area contributed by atoms with Gasteiger partial charge in [0.15, 0.2) is 0 Å². The van der Waals surface area contributed by atoms with Crippen molar-refractivity contribution >= 4 is 11.8 Å². The van der Waals surface area contributed by atoms with Gasteiger partial charge < -0.3 is 10.6 Å². The van der Waals surface area contributed by atoms with Crippen molar-refractivity contribution in [2.75, 3.05) is 19.3 Å². The van der Waals surface area contributed by atoms with E-state index < -0.39 is 0 Å². The summed E-state index contributed by atoms with van der Waals surface area (Å²) in [5.41, 5.74) is 1.12. The lowest BCUT2D eigenvalue weighted by Crippen LogP contribution is -2.54. The Labute approximate surface area is 97.6 Å². The number of allylic oxidation sites excluding steroid dienone is 2. The van der Waals surface area contributed by atoms with Gasteiger partial charge in [0.05, 0.1) is 6.04 Å². The van der Waals surface area contributed by atoms with Gasteiger partial charge in [-0.05, 0) is 25.7 Å². The van der Waals surface area contributed by atoms with E-state index in [2.05, 4.69) is 36.5 Å². The van der Waals surface area contributed by atoms with Crippen LogP contribution in [0.1, 0.15) is 20.3 Å². The molecule has 0 aromatic rings. The van der Waals surface area contributed by atoms with Crippen molar-refractivity contribution < 1.29 is 0 Å². The lowest BCUT2D eigenvalue weighted by atomic mass is 10.1. The van der Waals surface area contributed by atoms with Crippen molar-refractivity contribution in [2.24, 2.45) is 0 Å². The Kier molecular flexibility index (Phi) is 5.43. The first-order chi connectivity index (χ1) is 7.17. The summed E-state index contributed by atoms with van der Waals surface area (Å²) in [5.74, 6) is 0. The highest BCUT2D eigenvalue weighted by molar-refractivity contribution is 8.02. The van der Waals surface area contributed by atoms with E-state index in [1.165, 1.54) is 11.3 Å². The number of nitrogens with one attached hydrogen (secondary N) is 2. The van der Waals surface area contributed by atoms with E-state index in [0.717, 1.165) is 18.7 Å². The second kappa shape index (κ2) is 6.36. The third kappa shape index (κ3) is 4.01. The molecule has 1 aliphatic rings. The Morgan fingerprint density at radius 1 is 1.47 bits per heavy atom. The first-order valence-electron chi connectivity index (χ1n) is 5.55. The number of hydrogen-bond acceptors (Lipinski definition) is 3. The molecular weight excluding hydrogens is 204 g/mol. The molecule has 86 valence electrons. The van der Waals surface area contributed by atoms with Crippen molar-refractivity contribution in [3.05, 3.63) is 23.1 Å². The molecule has 0 radical (unpaired) electrons. The molecule has 0 aromatic carbocycles. The third-order valence-corrected chi connectivity index (χ3v) is 3.56. The Morgan fingerprint density at radius 2 is 2.20 bits per heavy atom. The van der Waals surface area contributed by atoms with Crippen LogP contribution in [0.15, 0.2) is 23.1 Å². The van der Waals surface area contributed by atoms with Crippen LogP contribution in [0.4, 0.5) is 0 Å². The SMILES string of the molecule is C=C(C)/C=C(\SC)[C@@H]1CNC(CC)CN1. The second-order valence-corrected chi connectivity index (χ2v) is 4.95. The number of piperazine rings is 1. The third-order valence-electron chi connectivity index (χ3n) is 2.68. The van der Waals surface area contributed by atoms with Crippen LogP contribution in [0.3, 0.4) is 0 Å². The van der Waals surface area contributed by atoms with E-state index in [0.29, 0.717) is 12.1 Å². The van der Waals surface area contributed by atoms with Gasteiger partial charge in [-0.15, -0.1) is 11.8 Å². The zero-order valence-corrected chi connectivity index (χ0v) is 10.8. The van der Waals surface area contributed by atoms with Gasteiger partial charge in [0.25, 0.3) is 0 Å².